The molecule has 0 saturated carbocycles. The summed E-state index contributed by atoms with van der Waals surface area (Å²) in [7, 11) is 0. The highest BCUT2D eigenvalue weighted by Gasteiger charge is 2.08. The van der Waals surface area contributed by atoms with Crippen molar-refractivity contribution in [3.63, 3.8) is 0 Å². The first kappa shape index (κ1) is 9.47. The lowest BCUT2D eigenvalue weighted by Crippen LogP contribution is -1.88. The van der Waals surface area contributed by atoms with Crippen LogP contribution in [0.4, 0.5) is 0 Å². The second kappa shape index (κ2) is 3.97. The minimum Gasteiger partial charge on any atom is -0.281 e. The van der Waals surface area contributed by atoms with Gasteiger partial charge in [0.15, 0.2) is 0 Å². The first-order valence-corrected chi connectivity index (χ1v) is 4.81. The number of nitriles is 1. The molecular formula is C12H11N3. The van der Waals surface area contributed by atoms with Crippen LogP contribution in [-0.4, -0.2) is 10.2 Å². The van der Waals surface area contributed by atoms with Crippen molar-refractivity contribution in [2.45, 2.75) is 12.8 Å². The van der Waals surface area contributed by atoms with E-state index in [1.165, 1.54) is 0 Å². The number of aromatic amines is 1. The maximum Gasteiger partial charge on any atom is 0.0924 e. The fraction of sp³-hybridized carbons (Fsp3) is 0.167. The topological polar surface area (TPSA) is 52.5 Å². The van der Waals surface area contributed by atoms with Gasteiger partial charge in [0.05, 0.1) is 23.4 Å². The molecule has 2 rings (SSSR count). The smallest absolute Gasteiger partial charge is 0.0924 e. The summed E-state index contributed by atoms with van der Waals surface area (Å²) in [6.07, 6.45) is 0. The Morgan fingerprint density at radius 2 is 2.07 bits per heavy atom. The first-order chi connectivity index (χ1) is 7.31. The van der Waals surface area contributed by atoms with Crippen LogP contribution in [0.3, 0.4) is 0 Å². The standard InChI is InChI=1S/C12H11N3/c1-9(8-13)11-7-12(15-14-11)10-5-3-2-4-6-10/h2-7,9H,1H3,(H,14,15). The predicted octanol–water partition coefficient (Wildman–Crippen LogP) is 2.70. The van der Waals surface area contributed by atoms with E-state index in [0.29, 0.717) is 0 Å². The first-order valence-electron chi connectivity index (χ1n) is 4.81. The van der Waals surface area contributed by atoms with Crippen molar-refractivity contribution in [2.75, 3.05) is 0 Å². The van der Waals surface area contributed by atoms with Gasteiger partial charge in [-0.1, -0.05) is 30.3 Å². The Morgan fingerprint density at radius 1 is 1.33 bits per heavy atom. The minimum atomic E-state index is -0.144. The molecule has 0 bridgehead atoms. The highest BCUT2D eigenvalue weighted by Crippen LogP contribution is 2.20. The van der Waals surface area contributed by atoms with Gasteiger partial charge in [-0.3, -0.25) is 5.10 Å². The summed E-state index contributed by atoms with van der Waals surface area (Å²) < 4.78 is 0. The third-order valence-corrected chi connectivity index (χ3v) is 2.33. The Labute approximate surface area is 88.4 Å². The Balaban J connectivity index is 2.33. The van der Waals surface area contributed by atoms with Gasteiger partial charge in [0.25, 0.3) is 0 Å². The van der Waals surface area contributed by atoms with Crippen molar-refractivity contribution in [3.8, 4) is 17.3 Å². The van der Waals surface area contributed by atoms with Crippen LogP contribution in [0.15, 0.2) is 36.4 Å². The van der Waals surface area contributed by atoms with Crippen molar-refractivity contribution in [1.29, 1.82) is 5.26 Å². The van der Waals surface area contributed by atoms with Crippen LogP contribution in [0.1, 0.15) is 18.5 Å². The van der Waals surface area contributed by atoms with Crippen molar-refractivity contribution < 1.29 is 0 Å². The number of benzene rings is 1. The molecule has 1 heterocycles. The number of hydrogen-bond donors (Lipinski definition) is 1. The summed E-state index contributed by atoms with van der Waals surface area (Å²) in [5, 5.41) is 15.8. The maximum absolute atomic E-state index is 8.77. The van der Waals surface area contributed by atoms with Crippen LogP contribution in [0.25, 0.3) is 11.3 Å². The molecule has 0 fully saturated rings. The van der Waals surface area contributed by atoms with Gasteiger partial charge in [-0.15, -0.1) is 0 Å². The van der Waals surface area contributed by atoms with E-state index < -0.39 is 0 Å². The second-order valence-electron chi connectivity index (χ2n) is 3.43. The van der Waals surface area contributed by atoms with Crippen molar-refractivity contribution >= 4 is 0 Å². The number of nitrogens with zero attached hydrogens (tertiary/aromatic N) is 2. The Morgan fingerprint density at radius 3 is 2.73 bits per heavy atom. The van der Waals surface area contributed by atoms with Crippen LogP contribution in [0.2, 0.25) is 0 Å². The van der Waals surface area contributed by atoms with Gasteiger partial charge < -0.3 is 0 Å². The van der Waals surface area contributed by atoms with Gasteiger partial charge in [-0.25, -0.2) is 0 Å². The number of hydrogen-bond acceptors (Lipinski definition) is 2. The zero-order chi connectivity index (χ0) is 10.7. The minimum absolute atomic E-state index is 0.144. The van der Waals surface area contributed by atoms with E-state index in [4.69, 9.17) is 5.26 Å². The van der Waals surface area contributed by atoms with E-state index in [-0.39, 0.29) is 5.92 Å². The largest absolute Gasteiger partial charge is 0.281 e. The molecule has 0 radical (unpaired) electrons. The zero-order valence-electron chi connectivity index (χ0n) is 8.44. The van der Waals surface area contributed by atoms with Gasteiger partial charge in [-0.05, 0) is 13.0 Å². The molecule has 1 atom stereocenters. The molecule has 15 heavy (non-hydrogen) atoms. The summed E-state index contributed by atoms with van der Waals surface area (Å²) in [4.78, 5) is 0. The van der Waals surface area contributed by atoms with E-state index >= 15 is 0 Å². The SMILES string of the molecule is CC(C#N)c1cc(-c2ccccc2)n[nH]1. The summed E-state index contributed by atoms with van der Waals surface area (Å²) in [6.45, 7) is 1.85. The number of H-pyrrole nitrogens is 1. The number of nitrogens with one attached hydrogen (secondary N) is 1. The van der Waals surface area contributed by atoms with E-state index in [1.54, 1.807) is 0 Å². The lowest BCUT2D eigenvalue weighted by molar-refractivity contribution is 0.895. The van der Waals surface area contributed by atoms with Crippen molar-refractivity contribution in [3.05, 3.63) is 42.1 Å². The highest BCUT2D eigenvalue weighted by atomic mass is 15.1. The zero-order valence-corrected chi connectivity index (χ0v) is 8.44. The van der Waals surface area contributed by atoms with Crippen LogP contribution >= 0.6 is 0 Å². The van der Waals surface area contributed by atoms with Gasteiger partial charge in [0.1, 0.15) is 0 Å². The molecule has 0 aliphatic carbocycles. The molecule has 1 unspecified atom stereocenters. The molecule has 0 spiro atoms. The lowest BCUT2D eigenvalue weighted by atomic mass is 10.1. The van der Waals surface area contributed by atoms with E-state index in [0.717, 1.165) is 17.0 Å². The fourth-order valence-electron chi connectivity index (χ4n) is 1.38. The molecule has 1 aromatic carbocycles. The summed E-state index contributed by atoms with van der Waals surface area (Å²) >= 11 is 0. The van der Waals surface area contributed by atoms with Gasteiger partial charge >= 0.3 is 0 Å². The number of rotatable bonds is 2. The monoisotopic (exact) mass is 197 g/mol. The third-order valence-electron chi connectivity index (χ3n) is 2.33. The third kappa shape index (κ3) is 1.89. The van der Waals surface area contributed by atoms with Crippen molar-refractivity contribution in [1.82, 2.24) is 10.2 Å². The average molecular weight is 197 g/mol. The Bertz CT molecular complexity index is 479. The molecule has 74 valence electrons. The van der Waals surface area contributed by atoms with E-state index in [2.05, 4.69) is 16.3 Å². The van der Waals surface area contributed by atoms with E-state index in [1.807, 2.05) is 43.3 Å². The Hall–Kier alpha value is -2.08. The molecule has 0 aliphatic heterocycles. The van der Waals surface area contributed by atoms with Crippen LogP contribution in [0.5, 0.6) is 0 Å². The fourth-order valence-corrected chi connectivity index (χ4v) is 1.38. The molecular weight excluding hydrogens is 186 g/mol. The summed E-state index contributed by atoms with van der Waals surface area (Å²) in [5.74, 6) is -0.144. The van der Waals surface area contributed by atoms with E-state index in [9.17, 15) is 0 Å². The predicted molar refractivity (Wildman–Crippen MR) is 58.1 cm³/mol. The quantitative estimate of drug-likeness (QED) is 0.804. The van der Waals surface area contributed by atoms with Crippen LogP contribution in [-0.2, 0) is 0 Å². The summed E-state index contributed by atoms with van der Waals surface area (Å²) in [6, 6.07) is 14.0. The molecule has 1 aromatic heterocycles. The molecule has 0 saturated heterocycles. The maximum atomic E-state index is 8.77. The van der Waals surface area contributed by atoms with Gasteiger partial charge in [0.2, 0.25) is 0 Å². The number of aromatic nitrogens is 2. The van der Waals surface area contributed by atoms with Gasteiger partial charge in [0, 0.05) is 5.56 Å². The highest BCUT2D eigenvalue weighted by molar-refractivity contribution is 5.59. The second-order valence-corrected chi connectivity index (χ2v) is 3.43. The molecule has 0 aliphatic rings. The molecule has 1 N–H and O–H groups in total. The lowest BCUT2D eigenvalue weighted by Gasteiger charge is -1.94. The van der Waals surface area contributed by atoms with Crippen LogP contribution < -0.4 is 0 Å². The molecule has 2 aromatic rings. The molecule has 0 amide bonds. The summed E-state index contributed by atoms with van der Waals surface area (Å²) in [5.41, 5.74) is 2.80. The molecule has 3 nitrogen and oxygen atoms in total. The van der Waals surface area contributed by atoms with Crippen molar-refractivity contribution in [2.24, 2.45) is 0 Å². The normalized spacial score (nSPS) is 12.0. The Kier molecular flexibility index (Phi) is 2.51. The van der Waals surface area contributed by atoms with Gasteiger partial charge in [-0.2, -0.15) is 10.4 Å². The average Bonchev–Trinajstić information content (AvgIpc) is 2.78. The molecule has 3 heteroatoms. The van der Waals surface area contributed by atoms with Crippen LogP contribution in [0, 0.1) is 11.3 Å².